The molecule has 140 valence electrons. The number of carbonyl (C=O) groups is 1. The number of amides is 1. The van der Waals surface area contributed by atoms with Crippen molar-refractivity contribution in [3.05, 3.63) is 74.1 Å². The fourth-order valence-electron chi connectivity index (χ4n) is 2.36. The highest BCUT2D eigenvalue weighted by atomic mass is 35.5. The van der Waals surface area contributed by atoms with Gasteiger partial charge in [-0.2, -0.15) is 5.10 Å². The van der Waals surface area contributed by atoms with Crippen molar-refractivity contribution in [2.24, 2.45) is 0 Å². The molecule has 1 amide bonds. The Morgan fingerprint density at radius 2 is 2.19 bits per heavy atom. The SMILES string of the molecule is COCCn1nc(C(=O)Nc2ncc(Cc3cccc(Cl)c3)s2)ccc1=O. The molecule has 27 heavy (non-hydrogen) atoms. The van der Waals surface area contributed by atoms with Crippen molar-refractivity contribution >= 4 is 34.0 Å². The molecule has 7 nitrogen and oxygen atoms in total. The third-order valence-electron chi connectivity index (χ3n) is 3.65. The van der Waals surface area contributed by atoms with E-state index in [1.807, 2.05) is 24.3 Å². The summed E-state index contributed by atoms with van der Waals surface area (Å²) in [6.07, 6.45) is 2.39. The third-order valence-corrected chi connectivity index (χ3v) is 4.80. The van der Waals surface area contributed by atoms with Gasteiger partial charge in [0.1, 0.15) is 5.69 Å². The first-order valence-electron chi connectivity index (χ1n) is 8.13. The largest absolute Gasteiger partial charge is 0.383 e. The predicted molar refractivity (Wildman–Crippen MR) is 105 cm³/mol. The van der Waals surface area contributed by atoms with Gasteiger partial charge in [-0.05, 0) is 23.8 Å². The molecule has 2 aromatic heterocycles. The molecule has 0 aliphatic rings. The lowest BCUT2D eigenvalue weighted by Gasteiger charge is -2.06. The molecule has 0 fully saturated rings. The van der Waals surface area contributed by atoms with Gasteiger partial charge < -0.3 is 4.74 Å². The summed E-state index contributed by atoms with van der Waals surface area (Å²) in [5, 5.41) is 7.92. The number of hydrogen-bond donors (Lipinski definition) is 1. The first kappa shape index (κ1) is 19.2. The van der Waals surface area contributed by atoms with E-state index in [-0.39, 0.29) is 17.8 Å². The van der Waals surface area contributed by atoms with E-state index in [0.29, 0.717) is 23.2 Å². The van der Waals surface area contributed by atoms with Crippen molar-refractivity contribution in [2.75, 3.05) is 19.0 Å². The van der Waals surface area contributed by atoms with Crippen LogP contribution in [0.1, 0.15) is 20.9 Å². The van der Waals surface area contributed by atoms with E-state index < -0.39 is 5.91 Å². The smallest absolute Gasteiger partial charge is 0.277 e. The quantitative estimate of drug-likeness (QED) is 0.654. The molecule has 0 spiro atoms. The number of benzene rings is 1. The van der Waals surface area contributed by atoms with Gasteiger partial charge in [0.25, 0.3) is 11.5 Å². The molecule has 0 unspecified atom stereocenters. The van der Waals surface area contributed by atoms with Gasteiger partial charge >= 0.3 is 0 Å². The molecule has 0 aliphatic heterocycles. The second-order valence-corrected chi connectivity index (χ2v) is 7.22. The van der Waals surface area contributed by atoms with Crippen LogP contribution in [0.5, 0.6) is 0 Å². The summed E-state index contributed by atoms with van der Waals surface area (Å²) in [4.78, 5) is 29.4. The van der Waals surface area contributed by atoms with Gasteiger partial charge in [0.05, 0.1) is 13.2 Å². The fourth-order valence-corrected chi connectivity index (χ4v) is 3.42. The number of thiazole rings is 1. The molecule has 3 rings (SSSR count). The zero-order valence-corrected chi connectivity index (χ0v) is 16.1. The minimum absolute atomic E-state index is 0.136. The molecule has 2 heterocycles. The summed E-state index contributed by atoms with van der Waals surface area (Å²) in [7, 11) is 1.53. The van der Waals surface area contributed by atoms with Crippen LogP contribution in [-0.2, 0) is 17.7 Å². The zero-order valence-electron chi connectivity index (χ0n) is 14.5. The highest BCUT2D eigenvalue weighted by Crippen LogP contribution is 2.22. The van der Waals surface area contributed by atoms with Crippen LogP contribution in [-0.4, -0.2) is 34.4 Å². The number of nitrogens with one attached hydrogen (secondary N) is 1. The molecule has 0 bridgehead atoms. The molecule has 0 saturated heterocycles. The average Bonchev–Trinajstić information content (AvgIpc) is 3.07. The van der Waals surface area contributed by atoms with Crippen molar-refractivity contribution in [1.82, 2.24) is 14.8 Å². The normalized spacial score (nSPS) is 10.7. The van der Waals surface area contributed by atoms with Gasteiger partial charge in [0.2, 0.25) is 0 Å². The van der Waals surface area contributed by atoms with Gasteiger partial charge in [0.15, 0.2) is 5.13 Å². The molecule has 1 N–H and O–H groups in total. The monoisotopic (exact) mass is 404 g/mol. The van der Waals surface area contributed by atoms with Gasteiger partial charge in [-0.25, -0.2) is 9.67 Å². The maximum atomic E-state index is 12.4. The topological polar surface area (TPSA) is 86.1 Å². The lowest BCUT2D eigenvalue weighted by Crippen LogP contribution is -2.27. The van der Waals surface area contributed by atoms with Crippen LogP contribution in [0.15, 0.2) is 47.4 Å². The summed E-state index contributed by atoms with van der Waals surface area (Å²) in [5.74, 6) is -0.426. The summed E-state index contributed by atoms with van der Waals surface area (Å²) < 4.78 is 6.14. The minimum Gasteiger partial charge on any atom is -0.383 e. The highest BCUT2D eigenvalue weighted by molar-refractivity contribution is 7.15. The van der Waals surface area contributed by atoms with Crippen molar-refractivity contribution in [3.63, 3.8) is 0 Å². The van der Waals surface area contributed by atoms with E-state index in [1.165, 1.54) is 35.3 Å². The fraction of sp³-hybridized carbons (Fsp3) is 0.222. The van der Waals surface area contributed by atoms with E-state index in [0.717, 1.165) is 10.4 Å². The molecule has 0 saturated carbocycles. The number of ether oxygens (including phenoxy) is 1. The summed E-state index contributed by atoms with van der Waals surface area (Å²) in [5.41, 5.74) is 0.912. The van der Waals surface area contributed by atoms with E-state index in [4.69, 9.17) is 16.3 Å². The van der Waals surface area contributed by atoms with Gasteiger partial charge in [0, 0.05) is 35.7 Å². The number of nitrogens with zero attached hydrogens (tertiary/aromatic N) is 3. The Morgan fingerprint density at radius 1 is 1.33 bits per heavy atom. The zero-order chi connectivity index (χ0) is 19.2. The number of carbonyl (C=O) groups excluding carboxylic acids is 1. The van der Waals surface area contributed by atoms with Crippen LogP contribution in [0.25, 0.3) is 0 Å². The Morgan fingerprint density at radius 3 is 2.96 bits per heavy atom. The predicted octanol–water partition coefficient (Wildman–Crippen LogP) is 2.84. The van der Waals surface area contributed by atoms with Crippen LogP contribution < -0.4 is 10.9 Å². The van der Waals surface area contributed by atoms with E-state index in [2.05, 4.69) is 15.4 Å². The van der Waals surface area contributed by atoms with E-state index >= 15 is 0 Å². The van der Waals surface area contributed by atoms with Gasteiger partial charge in [-0.3, -0.25) is 14.9 Å². The Hall–Kier alpha value is -2.55. The number of anilines is 1. The lowest BCUT2D eigenvalue weighted by atomic mass is 10.1. The summed E-state index contributed by atoms with van der Waals surface area (Å²) in [6, 6.07) is 10.3. The standard InChI is InChI=1S/C18H17ClN4O3S/c1-26-8-7-23-16(24)6-5-15(22-23)17(25)21-18-20-11-14(27-18)10-12-3-2-4-13(19)9-12/h2-6,9,11H,7-8,10H2,1H3,(H,20,21,25). The maximum Gasteiger partial charge on any atom is 0.277 e. The van der Waals surface area contributed by atoms with Crippen LogP contribution in [0.3, 0.4) is 0 Å². The molecule has 0 atom stereocenters. The van der Waals surface area contributed by atoms with Gasteiger partial charge in [-0.15, -0.1) is 11.3 Å². The number of halogens is 1. The number of hydrogen-bond acceptors (Lipinski definition) is 6. The first-order valence-corrected chi connectivity index (χ1v) is 9.32. The van der Waals surface area contributed by atoms with Crippen LogP contribution >= 0.6 is 22.9 Å². The Kier molecular flexibility index (Phi) is 6.33. The molecular weight excluding hydrogens is 388 g/mol. The van der Waals surface area contributed by atoms with E-state index in [1.54, 1.807) is 6.20 Å². The number of rotatable bonds is 7. The Bertz CT molecular complexity index is 1000. The van der Waals surface area contributed by atoms with Crippen molar-refractivity contribution in [1.29, 1.82) is 0 Å². The van der Waals surface area contributed by atoms with Crippen molar-refractivity contribution in [2.45, 2.75) is 13.0 Å². The lowest BCUT2D eigenvalue weighted by molar-refractivity contribution is 0.101. The third kappa shape index (κ3) is 5.22. The maximum absolute atomic E-state index is 12.4. The van der Waals surface area contributed by atoms with Crippen LogP contribution in [0, 0.1) is 0 Å². The van der Waals surface area contributed by atoms with Crippen LogP contribution in [0.4, 0.5) is 5.13 Å². The molecule has 1 aromatic carbocycles. The Labute approximate surface area is 164 Å². The molecule has 9 heteroatoms. The first-order chi connectivity index (χ1) is 13.0. The number of aromatic nitrogens is 3. The molecule has 3 aromatic rings. The van der Waals surface area contributed by atoms with Crippen molar-refractivity contribution < 1.29 is 9.53 Å². The molecule has 0 radical (unpaired) electrons. The van der Waals surface area contributed by atoms with E-state index in [9.17, 15) is 9.59 Å². The van der Waals surface area contributed by atoms with Crippen molar-refractivity contribution in [3.8, 4) is 0 Å². The second-order valence-electron chi connectivity index (χ2n) is 5.67. The molecular formula is C18H17ClN4O3S. The minimum atomic E-state index is -0.426. The van der Waals surface area contributed by atoms with Gasteiger partial charge in [-0.1, -0.05) is 23.7 Å². The van der Waals surface area contributed by atoms with Crippen LogP contribution in [0.2, 0.25) is 5.02 Å². The average molecular weight is 405 g/mol. The molecule has 0 aliphatic carbocycles. The summed E-state index contributed by atoms with van der Waals surface area (Å²) in [6.45, 7) is 0.606. The second kappa shape index (κ2) is 8.90. The Balaban J connectivity index is 1.68. The summed E-state index contributed by atoms with van der Waals surface area (Å²) >= 11 is 7.38. The number of methoxy groups -OCH3 is 1. The highest BCUT2D eigenvalue weighted by Gasteiger charge is 2.12.